The normalized spacial score (nSPS) is 18.7. The van der Waals surface area contributed by atoms with Gasteiger partial charge in [0, 0.05) is 46.7 Å². The number of hydrogen-bond acceptors (Lipinski definition) is 4. The number of para-hydroxylation sites is 2. The fourth-order valence-electron chi connectivity index (χ4n) is 6.37. The standard InChI is InChI=1S/C32H28N4O4/c1-40-32(39)20-12-10-19(11-13-20)30-29-24(23-7-3-5-9-26(23)34-29)16-27-31(38)35(18-28(37)36(27)30)15-14-21-17-33-25-8-4-2-6-22(21)25/h2-13,17,27,30,33-34H,14-16,18H2,1H3/t27-,30?/m1/s1. The Morgan fingerprint density at radius 2 is 1.68 bits per heavy atom. The number of nitrogens with zero attached hydrogens (tertiary/aromatic N) is 2. The van der Waals surface area contributed by atoms with Crippen molar-refractivity contribution in [1.82, 2.24) is 19.8 Å². The van der Waals surface area contributed by atoms with Crippen LogP contribution in [0.3, 0.4) is 0 Å². The van der Waals surface area contributed by atoms with E-state index in [-0.39, 0.29) is 18.4 Å². The molecule has 2 N–H and O–H groups in total. The van der Waals surface area contributed by atoms with Crippen molar-refractivity contribution >= 4 is 39.6 Å². The number of carbonyl (C=O) groups is 3. The Kier molecular flexibility index (Phi) is 5.70. The summed E-state index contributed by atoms with van der Waals surface area (Å²) in [6, 6.07) is 22.2. The zero-order chi connectivity index (χ0) is 27.4. The van der Waals surface area contributed by atoms with Crippen molar-refractivity contribution in [2.75, 3.05) is 20.2 Å². The minimum Gasteiger partial charge on any atom is -0.465 e. The first-order valence-electron chi connectivity index (χ1n) is 13.5. The van der Waals surface area contributed by atoms with Gasteiger partial charge in [-0.15, -0.1) is 0 Å². The highest BCUT2D eigenvalue weighted by atomic mass is 16.5. The summed E-state index contributed by atoms with van der Waals surface area (Å²) in [4.78, 5) is 50.2. The predicted octanol–water partition coefficient (Wildman–Crippen LogP) is 4.36. The molecule has 2 atom stereocenters. The first-order valence-corrected chi connectivity index (χ1v) is 13.5. The van der Waals surface area contributed by atoms with E-state index >= 15 is 0 Å². The van der Waals surface area contributed by atoms with Crippen LogP contribution in [0.25, 0.3) is 21.8 Å². The molecule has 2 amide bonds. The van der Waals surface area contributed by atoms with Gasteiger partial charge in [0.25, 0.3) is 0 Å². The van der Waals surface area contributed by atoms with Crippen LogP contribution in [0, 0.1) is 0 Å². The number of nitrogens with one attached hydrogen (secondary N) is 2. The van der Waals surface area contributed by atoms with Gasteiger partial charge in [0.1, 0.15) is 6.04 Å². The van der Waals surface area contributed by atoms with E-state index in [4.69, 9.17) is 4.74 Å². The largest absolute Gasteiger partial charge is 0.465 e. The Hall–Kier alpha value is -4.85. The number of fused-ring (bicyclic) bond motifs is 5. The summed E-state index contributed by atoms with van der Waals surface area (Å²) in [5.74, 6) is -0.545. The lowest BCUT2D eigenvalue weighted by atomic mass is 9.86. The first kappa shape index (κ1) is 24.2. The molecule has 0 saturated carbocycles. The molecule has 0 spiro atoms. The van der Waals surface area contributed by atoms with Crippen molar-refractivity contribution in [3.05, 3.63) is 107 Å². The van der Waals surface area contributed by atoms with Gasteiger partial charge in [0.05, 0.1) is 25.3 Å². The molecule has 1 unspecified atom stereocenters. The highest BCUT2D eigenvalue weighted by Gasteiger charge is 2.48. The fraction of sp³-hybridized carbons (Fsp3) is 0.219. The van der Waals surface area contributed by atoms with Gasteiger partial charge >= 0.3 is 5.97 Å². The van der Waals surface area contributed by atoms with Gasteiger partial charge in [-0.3, -0.25) is 9.59 Å². The molecule has 7 rings (SSSR count). The van der Waals surface area contributed by atoms with E-state index in [1.807, 2.05) is 54.7 Å². The summed E-state index contributed by atoms with van der Waals surface area (Å²) in [6.45, 7) is 0.500. The first-order chi connectivity index (χ1) is 19.5. The van der Waals surface area contributed by atoms with Crippen LogP contribution in [0.15, 0.2) is 79.0 Å². The maximum absolute atomic E-state index is 14.0. The molecule has 1 saturated heterocycles. The third-order valence-corrected chi connectivity index (χ3v) is 8.32. The second kappa shape index (κ2) is 9.41. The van der Waals surface area contributed by atoms with E-state index in [0.717, 1.165) is 44.2 Å². The summed E-state index contributed by atoms with van der Waals surface area (Å²) in [7, 11) is 1.35. The number of amides is 2. The highest BCUT2D eigenvalue weighted by Crippen LogP contribution is 2.42. The van der Waals surface area contributed by atoms with Crippen molar-refractivity contribution in [1.29, 1.82) is 0 Å². The third kappa shape index (κ3) is 3.78. The van der Waals surface area contributed by atoms with Crippen LogP contribution in [0.2, 0.25) is 0 Å². The van der Waals surface area contributed by atoms with E-state index in [9.17, 15) is 14.4 Å². The monoisotopic (exact) mass is 532 g/mol. The molecule has 5 aromatic rings. The van der Waals surface area contributed by atoms with E-state index < -0.39 is 18.1 Å². The van der Waals surface area contributed by atoms with Crippen molar-refractivity contribution < 1.29 is 19.1 Å². The summed E-state index contributed by atoms with van der Waals surface area (Å²) in [5, 5.41) is 2.20. The molecule has 2 aromatic heterocycles. The maximum atomic E-state index is 14.0. The van der Waals surface area contributed by atoms with Gasteiger partial charge in [-0.1, -0.05) is 48.5 Å². The number of ether oxygens (including phenoxy) is 1. The van der Waals surface area contributed by atoms with Crippen molar-refractivity contribution in [3.63, 3.8) is 0 Å². The maximum Gasteiger partial charge on any atom is 0.337 e. The SMILES string of the molecule is COC(=O)c1ccc(C2c3[nH]c4ccccc4c3C[C@@H]3C(=O)N(CCc4c[nH]c5ccccc45)CC(=O)N23)cc1. The molecule has 1 fully saturated rings. The van der Waals surface area contributed by atoms with Crippen LogP contribution >= 0.6 is 0 Å². The van der Waals surface area contributed by atoms with Gasteiger partial charge in [-0.25, -0.2) is 4.79 Å². The van der Waals surface area contributed by atoms with Crippen LogP contribution in [0.5, 0.6) is 0 Å². The van der Waals surface area contributed by atoms with Crippen LogP contribution in [0.4, 0.5) is 0 Å². The smallest absolute Gasteiger partial charge is 0.337 e. The molecule has 8 nitrogen and oxygen atoms in total. The number of carbonyl (C=O) groups excluding carboxylic acids is 3. The molecular formula is C32H28N4O4. The number of methoxy groups -OCH3 is 1. The van der Waals surface area contributed by atoms with E-state index in [2.05, 4.69) is 22.1 Å². The molecule has 3 aromatic carbocycles. The van der Waals surface area contributed by atoms with Gasteiger partial charge < -0.3 is 24.5 Å². The van der Waals surface area contributed by atoms with E-state index in [1.165, 1.54) is 7.11 Å². The van der Waals surface area contributed by atoms with Crippen molar-refractivity contribution in [2.24, 2.45) is 0 Å². The summed E-state index contributed by atoms with van der Waals surface area (Å²) < 4.78 is 4.86. The van der Waals surface area contributed by atoms with E-state index in [1.54, 1.807) is 21.9 Å². The number of hydrogen-bond donors (Lipinski definition) is 2. The third-order valence-electron chi connectivity index (χ3n) is 8.32. The van der Waals surface area contributed by atoms with Gasteiger partial charge in [0.15, 0.2) is 0 Å². The van der Waals surface area contributed by atoms with Gasteiger partial charge in [-0.2, -0.15) is 0 Å². The van der Waals surface area contributed by atoms with Gasteiger partial charge in [0.2, 0.25) is 11.8 Å². The molecule has 0 bridgehead atoms. The molecular weight excluding hydrogens is 504 g/mol. The Labute approximate surface area is 230 Å². The lowest BCUT2D eigenvalue weighted by Crippen LogP contribution is -2.63. The quantitative estimate of drug-likeness (QED) is 0.329. The zero-order valence-electron chi connectivity index (χ0n) is 22.0. The number of benzene rings is 3. The molecule has 2 aliphatic heterocycles. The second-order valence-electron chi connectivity index (χ2n) is 10.5. The molecule has 2 aliphatic rings. The number of piperazine rings is 1. The number of aromatic amines is 2. The fourth-order valence-corrected chi connectivity index (χ4v) is 6.37. The van der Waals surface area contributed by atoms with Crippen molar-refractivity contribution in [3.8, 4) is 0 Å². The number of esters is 1. The zero-order valence-corrected chi connectivity index (χ0v) is 22.0. The van der Waals surface area contributed by atoms with Gasteiger partial charge in [-0.05, 0) is 47.4 Å². The van der Waals surface area contributed by atoms with Crippen LogP contribution in [-0.2, 0) is 27.2 Å². The lowest BCUT2D eigenvalue weighted by molar-refractivity contribution is -0.158. The predicted molar refractivity (Wildman–Crippen MR) is 151 cm³/mol. The molecule has 200 valence electrons. The Bertz CT molecular complexity index is 1780. The molecule has 0 aliphatic carbocycles. The summed E-state index contributed by atoms with van der Waals surface area (Å²) in [6.07, 6.45) is 3.09. The Morgan fingerprint density at radius 3 is 2.45 bits per heavy atom. The average molecular weight is 533 g/mol. The number of H-pyrrole nitrogens is 2. The van der Waals surface area contributed by atoms with Crippen LogP contribution < -0.4 is 0 Å². The average Bonchev–Trinajstić information content (AvgIpc) is 3.58. The highest BCUT2D eigenvalue weighted by molar-refractivity contribution is 5.98. The molecule has 4 heterocycles. The molecule has 8 heteroatoms. The minimum atomic E-state index is -0.610. The Morgan fingerprint density at radius 1 is 0.950 bits per heavy atom. The van der Waals surface area contributed by atoms with Crippen LogP contribution in [0.1, 0.15) is 38.8 Å². The lowest BCUT2D eigenvalue weighted by Gasteiger charge is -2.47. The second-order valence-corrected chi connectivity index (χ2v) is 10.5. The summed E-state index contributed by atoms with van der Waals surface area (Å²) in [5.41, 5.74) is 6.39. The Balaban J connectivity index is 1.25. The van der Waals surface area contributed by atoms with Crippen molar-refractivity contribution in [2.45, 2.75) is 24.9 Å². The molecule has 0 radical (unpaired) electrons. The van der Waals surface area contributed by atoms with E-state index in [0.29, 0.717) is 24.9 Å². The topological polar surface area (TPSA) is 98.5 Å². The molecule has 40 heavy (non-hydrogen) atoms. The van der Waals surface area contributed by atoms with Crippen LogP contribution in [-0.4, -0.2) is 63.8 Å². The number of aromatic nitrogens is 2. The number of rotatable bonds is 5. The summed E-state index contributed by atoms with van der Waals surface area (Å²) >= 11 is 0. The minimum absolute atomic E-state index is 0.0317.